The van der Waals surface area contributed by atoms with Crippen LogP contribution in [-0.4, -0.2) is 24.0 Å². The van der Waals surface area contributed by atoms with Crippen LogP contribution in [0.1, 0.15) is 50.0 Å². The number of carbonyl (C=O) groups excluding carboxylic acids is 2. The van der Waals surface area contributed by atoms with E-state index in [2.05, 4.69) is 17.2 Å². The highest BCUT2D eigenvalue weighted by Crippen LogP contribution is 2.32. The number of aromatic amines is 1. The van der Waals surface area contributed by atoms with Gasteiger partial charge < -0.3 is 15.8 Å². The predicted octanol–water partition coefficient (Wildman–Crippen LogP) is 3.28. The molecule has 0 unspecified atom stereocenters. The van der Waals surface area contributed by atoms with Gasteiger partial charge in [0, 0.05) is 6.04 Å². The lowest BCUT2D eigenvalue weighted by Crippen LogP contribution is -2.46. The summed E-state index contributed by atoms with van der Waals surface area (Å²) in [4.78, 5) is 27.1. The minimum atomic E-state index is -0.984. The Hall–Kier alpha value is -1.24. The number of hydrogen-bond acceptors (Lipinski definition) is 4. The van der Waals surface area contributed by atoms with E-state index in [4.69, 9.17) is 45.3 Å². The Balaban J connectivity index is 2.03. The maximum absolute atomic E-state index is 12.3. The summed E-state index contributed by atoms with van der Waals surface area (Å²) in [5.74, 6) is -0.788. The molecule has 1 aliphatic carbocycles. The Morgan fingerprint density at radius 1 is 1.24 bits per heavy atom. The van der Waals surface area contributed by atoms with E-state index in [9.17, 15) is 9.59 Å². The fourth-order valence-corrected chi connectivity index (χ4v) is 3.42. The molecule has 1 aromatic heterocycles. The molecule has 0 spiro atoms. The molecule has 1 saturated carbocycles. The van der Waals surface area contributed by atoms with Crippen molar-refractivity contribution in [1.29, 1.82) is 0 Å². The molecule has 1 aromatic rings. The fraction of sp³-hybridized carbons (Fsp3) is 0.562. The first-order valence-electron chi connectivity index (χ1n) is 8.09. The molecule has 0 aromatic carbocycles. The van der Waals surface area contributed by atoms with Crippen LogP contribution in [0, 0.1) is 5.92 Å². The molecule has 2 rings (SSSR count). The van der Waals surface area contributed by atoms with E-state index < -0.39 is 12.1 Å². The highest BCUT2D eigenvalue weighted by Gasteiger charge is 2.31. The van der Waals surface area contributed by atoms with Gasteiger partial charge in [-0.05, 0) is 37.3 Å². The smallest absolute Gasteiger partial charge is 0.406 e. The van der Waals surface area contributed by atoms with Gasteiger partial charge in [0.15, 0.2) is 6.10 Å². The van der Waals surface area contributed by atoms with Gasteiger partial charge in [-0.2, -0.15) is 4.98 Å². The largest absolute Gasteiger partial charge is 0.445 e. The van der Waals surface area contributed by atoms with Gasteiger partial charge in [0.2, 0.25) is 0 Å². The molecule has 1 heterocycles. The Labute approximate surface area is 161 Å². The van der Waals surface area contributed by atoms with E-state index in [1.54, 1.807) is 0 Å². The van der Waals surface area contributed by atoms with Crippen LogP contribution in [0.5, 0.6) is 0 Å². The molecule has 1 aliphatic rings. The summed E-state index contributed by atoms with van der Waals surface area (Å²) in [7, 11) is 0. The van der Waals surface area contributed by atoms with Crippen molar-refractivity contribution in [2.75, 3.05) is 5.73 Å². The Kier molecular flexibility index (Phi) is 6.77. The number of rotatable bonds is 4. The van der Waals surface area contributed by atoms with Crippen molar-refractivity contribution in [3.05, 3.63) is 20.9 Å². The van der Waals surface area contributed by atoms with Crippen molar-refractivity contribution in [2.45, 2.75) is 51.7 Å². The summed E-state index contributed by atoms with van der Waals surface area (Å²) in [6, 6.07) is 0.0955. The Bertz CT molecular complexity index is 684. The van der Waals surface area contributed by atoms with Crippen molar-refractivity contribution in [3.63, 3.8) is 0 Å². The minimum absolute atomic E-state index is 0.0142. The molecule has 25 heavy (non-hydrogen) atoms. The zero-order chi connectivity index (χ0) is 18.7. The quantitative estimate of drug-likeness (QED) is 0.589. The Morgan fingerprint density at radius 3 is 2.52 bits per heavy atom. The van der Waals surface area contributed by atoms with E-state index in [0.29, 0.717) is 5.92 Å². The van der Waals surface area contributed by atoms with Crippen LogP contribution < -0.4 is 16.0 Å². The average molecular weight is 410 g/mol. The second-order valence-corrected chi connectivity index (χ2v) is 7.41. The van der Waals surface area contributed by atoms with Gasteiger partial charge in [-0.1, -0.05) is 43.0 Å². The molecular weight excluding hydrogens is 389 g/mol. The molecule has 138 valence electrons. The predicted molar refractivity (Wildman–Crippen MR) is 96.9 cm³/mol. The number of ether oxygens (including phenoxy) is 1. The zero-order valence-corrected chi connectivity index (χ0v) is 16.3. The highest BCUT2D eigenvalue weighted by atomic mass is 35.5. The number of esters is 1. The number of pyridine rings is 1. The van der Waals surface area contributed by atoms with Crippen molar-refractivity contribution >= 4 is 52.4 Å². The van der Waals surface area contributed by atoms with Gasteiger partial charge in [0.1, 0.15) is 10.0 Å². The summed E-state index contributed by atoms with van der Waals surface area (Å²) >= 11 is 17.7. The number of amides is 1. The average Bonchev–Trinajstić information content (AvgIpc) is 2.58. The van der Waals surface area contributed by atoms with Crippen LogP contribution in [0.4, 0.5) is 5.69 Å². The molecule has 1 amide bonds. The third-order valence-electron chi connectivity index (χ3n) is 4.42. The molecule has 1 fully saturated rings. The number of nitrogens with one attached hydrogen (secondary N) is 2. The molecular formula is C16H21Cl3N3O3+. The minimum Gasteiger partial charge on any atom is -0.445 e. The Morgan fingerprint density at radius 2 is 1.88 bits per heavy atom. The molecule has 0 aliphatic heterocycles. The second-order valence-electron chi connectivity index (χ2n) is 6.28. The molecule has 4 N–H and O–H groups in total. The highest BCUT2D eigenvalue weighted by molar-refractivity contribution is 6.45. The number of hydrogen-bond donors (Lipinski definition) is 2. The van der Waals surface area contributed by atoms with Crippen LogP contribution in [0.25, 0.3) is 0 Å². The molecule has 6 nitrogen and oxygen atoms in total. The standard InChI is InChI=1S/C16H20Cl3N3O3/c1-7-5-3-4-6-9(7)21-15(23)8(2)25-16(24)13-10(17)12(20)11(18)14(19)22-13/h7-9H,3-6H2,1-2H3,(H2,20,22)(H,21,23)/p+1/t7-,8+,9-/m0/s1. The number of anilines is 1. The lowest BCUT2D eigenvalue weighted by atomic mass is 9.86. The van der Waals surface area contributed by atoms with Crippen LogP contribution in [-0.2, 0) is 9.53 Å². The molecule has 3 atom stereocenters. The lowest BCUT2D eigenvalue weighted by molar-refractivity contribution is -0.380. The van der Waals surface area contributed by atoms with Crippen LogP contribution in [0.3, 0.4) is 0 Å². The fourth-order valence-electron chi connectivity index (χ4n) is 2.81. The molecule has 0 saturated heterocycles. The molecule has 0 radical (unpaired) electrons. The van der Waals surface area contributed by atoms with Gasteiger partial charge in [-0.3, -0.25) is 4.79 Å². The van der Waals surface area contributed by atoms with Crippen molar-refractivity contribution < 1.29 is 19.3 Å². The second kappa shape index (κ2) is 8.43. The number of aromatic nitrogens is 1. The van der Waals surface area contributed by atoms with E-state index in [0.717, 1.165) is 19.3 Å². The van der Waals surface area contributed by atoms with Gasteiger partial charge >= 0.3 is 11.7 Å². The number of nitrogen functional groups attached to an aromatic ring is 1. The van der Waals surface area contributed by atoms with E-state index in [1.165, 1.54) is 13.3 Å². The number of nitrogens with two attached hydrogens (primary N) is 1. The topological polar surface area (TPSA) is 95.6 Å². The third-order valence-corrected chi connectivity index (χ3v) is 5.58. The van der Waals surface area contributed by atoms with Crippen LogP contribution in [0.2, 0.25) is 15.2 Å². The van der Waals surface area contributed by atoms with E-state index in [-0.39, 0.29) is 38.5 Å². The summed E-state index contributed by atoms with van der Waals surface area (Å²) < 4.78 is 5.18. The maximum Gasteiger partial charge on any atom is 0.406 e. The summed E-state index contributed by atoms with van der Waals surface area (Å²) in [6.45, 7) is 3.60. The number of carbonyl (C=O) groups is 2. The summed E-state index contributed by atoms with van der Waals surface area (Å²) in [5, 5.41) is 2.81. The SMILES string of the molecule is C[C@@H](OC(=O)c1[nH+]c(Cl)c(Cl)c(N)c1Cl)C(=O)N[C@H]1CCCC[C@@H]1C. The van der Waals surface area contributed by atoms with Gasteiger partial charge in [0.05, 0.1) is 5.69 Å². The molecule has 9 heteroatoms. The first kappa shape index (κ1) is 20.1. The summed E-state index contributed by atoms with van der Waals surface area (Å²) in [5.41, 5.74) is 5.51. The lowest BCUT2D eigenvalue weighted by Gasteiger charge is -2.30. The summed E-state index contributed by atoms with van der Waals surface area (Å²) in [6.07, 6.45) is 3.27. The van der Waals surface area contributed by atoms with E-state index >= 15 is 0 Å². The monoisotopic (exact) mass is 408 g/mol. The van der Waals surface area contributed by atoms with Crippen LogP contribution >= 0.6 is 34.8 Å². The van der Waals surface area contributed by atoms with Gasteiger partial charge in [-0.25, -0.2) is 4.79 Å². The molecule has 0 bridgehead atoms. The van der Waals surface area contributed by atoms with E-state index in [1.807, 2.05) is 0 Å². The third kappa shape index (κ3) is 4.68. The maximum atomic E-state index is 12.3. The van der Waals surface area contributed by atoms with Crippen LogP contribution in [0.15, 0.2) is 0 Å². The van der Waals surface area contributed by atoms with Crippen molar-refractivity contribution in [2.24, 2.45) is 5.92 Å². The number of H-pyrrole nitrogens is 1. The number of halogens is 3. The zero-order valence-electron chi connectivity index (χ0n) is 14.0. The van der Waals surface area contributed by atoms with Gasteiger partial charge in [0.25, 0.3) is 11.1 Å². The van der Waals surface area contributed by atoms with Gasteiger partial charge in [-0.15, -0.1) is 0 Å². The van der Waals surface area contributed by atoms with Crippen molar-refractivity contribution in [3.8, 4) is 0 Å². The normalized spacial score (nSPS) is 21.5. The first-order chi connectivity index (χ1) is 11.7. The first-order valence-corrected chi connectivity index (χ1v) is 9.22. The van der Waals surface area contributed by atoms with Crippen molar-refractivity contribution in [1.82, 2.24) is 5.32 Å².